The van der Waals surface area contributed by atoms with E-state index < -0.39 is 27.1 Å². The summed E-state index contributed by atoms with van der Waals surface area (Å²) in [5.74, 6) is -0.0848. The van der Waals surface area contributed by atoms with Crippen molar-refractivity contribution in [3.63, 3.8) is 0 Å². The van der Waals surface area contributed by atoms with Gasteiger partial charge in [0, 0.05) is 23.1 Å². The molecule has 1 amide bonds. The number of methoxy groups -OCH3 is 1. The molecule has 12 heteroatoms. The van der Waals surface area contributed by atoms with Gasteiger partial charge in [-0.1, -0.05) is 0 Å². The van der Waals surface area contributed by atoms with Crippen LogP contribution in [0.25, 0.3) is 11.3 Å². The van der Waals surface area contributed by atoms with Crippen molar-refractivity contribution in [3.8, 4) is 17.0 Å². The minimum Gasteiger partial charge on any atom is -0.496 e. The summed E-state index contributed by atoms with van der Waals surface area (Å²) in [5, 5.41) is 26.4. The number of hydrogen-bond acceptors (Lipinski definition) is 8. The average molecular weight is 479 g/mol. The van der Waals surface area contributed by atoms with Gasteiger partial charge in [-0.15, -0.1) is 11.3 Å². The van der Waals surface area contributed by atoms with E-state index in [1.54, 1.807) is 24.6 Å². The first kappa shape index (κ1) is 20.4. The molecule has 10 nitrogen and oxygen atoms in total. The van der Waals surface area contributed by atoms with Gasteiger partial charge in [0.05, 0.1) is 38.8 Å². The summed E-state index contributed by atoms with van der Waals surface area (Å²) in [4.78, 5) is 37.1. The van der Waals surface area contributed by atoms with E-state index in [1.165, 1.54) is 0 Å². The number of amides is 1. The number of nitro benzene ring substituents is 2. The highest BCUT2D eigenvalue weighted by Crippen LogP contribution is 2.32. The largest absolute Gasteiger partial charge is 0.496 e. The predicted octanol–water partition coefficient (Wildman–Crippen LogP) is 4.65. The van der Waals surface area contributed by atoms with Gasteiger partial charge in [-0.25, -0.2) is 4.98 Å². The third-order valence-corrected chi connectivity index (χ3v) is 5.14. The van der Waals surface area contributed by atoms with Gasteiger partial charge in [-0.2, -0.15) is 0 Å². The Balaban J connectivity index is 1.84. The molecule has 0 aliphatic carbocycles. The van der Waals surface area contributed by atoms with E-state index >= 15 is 0 Å². The lowest BCUT2D eigenvalue weighted by Gasteiger charge is -2.04. The van der Waals surface area contributed by atoms with Crippen LogP contribution < -0.4 is 10.1 Å². The SMILES string of the molecule is COc1ccc(-c2csc(NC(=O)c3cc([N+](=O)[O-])cc([N+](=O)[O-])c3)n2)cc1Br. The summed E-state index contributed by atoms with van der Waals surface area (Å²) in [6, 6.07) is 8.10. The maximum atomic E-state index is 12.4. The fraction of sp³-hybridized carbons (Fsp3) is 0.0588. The minimum absolute atomic E-state index is 0.213. The van der Waals surface area contributed by atoms with Gasteiger partial charge in [-0.3, -0.25) is 30.3 Å². The Labute approximate surface area is 175 Å². The molecule has 1 heterocycles. The smallest absolute Gasteiger partial charge is 0.277 e. The first-order valence-electron chi connectivity index (χ1n) is 7.83. The quantitative estimate of drug-likeness (QED) is 0.401. The summed E-state index contributed by atoms with van der Waals surface area (Å²) in [6.45, 7) is 0. The number of carbonyl (C=O) groups excluding carboxylic acids is 1. The lowest BCUT2D eigenvalue weighted by atomic mass is 10.1. The number of halogens is 1. The molecule has 148 valence electrons. The van der Waals surface area contributed by atoms with E-state index in [0.29, 0.717) is 11.4 Å². The van der Waals surface area contributed by atoms with Crippen LogP contribution >= 0.6 is 27.3 Å². The van der Waals surface area contributed by atoms with Crippen LogP contribution in [0.3, 0.4) is 0 Å². The Kier molecular flexibility index (Phi) is 5.84. The number of rotatable bonds is 6. The minimum atomic E-state index is -0.799. The van der Waals surface area contributed by atoms with Crippen molar-refractivity contribution < 1.29 is 19.4 Å². The van der Waals surface area contributed by atoms with E-state index in [-0.39, 0.29) is 10.7 Å². The van der Waals surface area contributed by atoms with E-state index in [0.717, 1.165) is 39.6 Å². The molecule has 0 aliphatic rings. The van der Waals surface area contributed by atoms with Crippen LogP contribution in [0.2, 0.25) is 0 Å². The number of nitro groups is 2. The van der Waals surface area contributed by atoms with Crippen molar-refractivity contribution in [1.29, 1.82) is 0 Å². The molecule has 29 heavy (non-hydrogen) atoms. The second-order valence-corrected chi connectivity index (χ2v) is 7.31. The number of aromatic nitrogens is 1. The number of non-ortho nitro benzene ring substituents is 2. The number of nitrogens with one attached hydrogen (secondary N) is 1. The van der Waals surface area contributed by atoms with Crippen LogP contribution in [-0.2, 0) is 0 Å². The highest BCUT2D eigenvalue weighted by atomic mass is 79.9. The van der Waals surface area contributed by atoms with Crippen molar-refractivity contribution >= 4 is 49.7 Å². The molecule has 0 atom stereocenters. The molecule has 0 saturated carbocycles. The third kappa shape index (κ3) is 4.55. The van der Waals surface area contributed by atoms with Gasteiger partial charge in [0.1, 0.15) is 5.75 Å². The second-order valence-electron chi connectivity index (χ2n) is 5.59. The lowest BCUT2D eigenvalue weighted by molar-refractivity contribution is -0.394. The van der Waals surface area contributed by atoms with Crippen molar-refractivity contribution in [2.75, 3.05) is 12.4 Å². The summed E-state index contributed by atoms with van der Waals surface area (Å²) in [5.41, 5.74) is 0.0634. The topological polar surface area (TPSA) is 138 Å². The fourth-order valence-electron chi connectivity index (χ4n) is 2.40. The van der Waals surface area contributed by atoms with E-state index in [9.17, 15) is 25.0 Å². The maximum Gasteiger partial charge on any atom is 0.277 e. The Bertz CT molecular complexity index is 1100. The van der Waals surface area contributed by atoms with E-state index in [2.05, 4.69) is 26.2 Å². The molecule has 0 aliphatic heterocycles. The van der Waals surface area contributed by atoms with E-state index in [4.69, 9.17) is 4.74 Å². The molecule has 0 fully saturated rings. The van der Waals surface area contributed by atoms with Crippen LogP contribution in [0, 0.1) is 20.2 Å². The molecule has 1 N–H and O–H groups in total. The van der Waals surface area contributed by atoms with Crippen LogP contribution in [-0.4, -0.2) is 27.8 Å². The van der Waals surface area contributed by atoms with Crippen LogP contribution in [0.5, 0.6) is 5.75 Å². The molecule has 1 aromatic heterocycles. The molecule has 2 aromatic carbocycles. The zero-order chi connectivity index (χ0) is 21.1. The van der Waals surface area contributed by atoms with Gasteiger partial charge in [0.15, 0.2) is 5.13 Å². The van der Waals surface area contributed by atoms with Crippen LogP contribution in [0.4, 0.5) is 16.5 Å². The monoisotopic (exact) mass is 478 g/mol. The summed E-state index contributed by atoms with van der Waals surface area (Å²) < 4.78 is 5.91. The molecule has 3 rings (SSSR count). The number of carbonyl (C=O) groups is 1. The number of nitrogens with zero attached hydrogens (tertiary/aromatic N) is 3. The summed E-state index contributed by atoms with van der Waals surface area (Å²) in [7, 11) is 1.55. The third-order valence-electron chi connectivity index (χ3n) is 3.76. The highest BCUT2D eigenvalue weighted by Gasteiger charge is 2.20. The Morgan fingerprint density at radius 2 is 1.79 bits per heavy atom. The van der Waals surface area contributed by atoms with Gasteiger partial charge in [0.2, 0.25) is 0 Å². The number of benzene rings is 2. The predicted molar refractivity (Wildman–Crippen MR) is 110 cm³/mol. The standard InChI is InChI=1S/C17H11BrN4O6S/c1-28-15-3-2-9(6-13(15)18)14-8-29-17(19-14)20-16(23)10-4-11(21(24)25)7-12(5-10)22(26)27/h2-8H,1H3,(H,19,20,23). The molecular weight excluding hydrogens is 468 g/mol. The Morgan fingerprint density at radius 1 is 1.14 bits per heavy atom. The molecule has 0 spiro atoms. The van der Waals surface area contributed by atoms with Gasteiger partial charge < -0.3 is 4.74 Å². The first-order chi connectivity index (χ1) is 13.8. The van der Waals surface area contributed by atoms with Gasteiger partial charge in [0.25, 0.3) is 17.3 Å². The van der Waals surface area contributed by atoms with Crippen LogP contribution in [0.1, 0.15) is 10.4 Å². The summed E-state index contributed by atoms with van der Waals surface area (Å²) >= 11 is 4.54. The van der Waals surface area contributed by atoms with Gasteiger partial charge >= 0.3 is 0 Å². The summed E-state index contributed by atoms with van der Waals surface area (Å²) in [6.07, 6.45) is 0. The highest BCUT2D eigenvalue weighted by molar-refractivity contribution is 9.10. The zero-order valence-corrected chi connectivity index (χ0v) is 17.0. The Hall–Kier alpha value is -3.38. The molecule has 0 saturated heterocycles. The number of hydrogen-bond donors (Lipinski definition) is 1. The Morgan fingerprint density at radius 3 is 2.34 bits per heavy atom. The number of anilines is 1. The van der Waals surface area contributed by atoms with Crippen LogP contribution in [0.15, 0.2) is 46.3 Å². The van der Waals surface area contributed by atoms with Crippen molar-refractivity contribution in [1.82, 2.24) is 4.98 Å². The fourth-order valence-corrected chi connectivity index (χ4v) is 3.65. The molecule has 3 aromatic rings. The van der Waals surface area contributed by atoms with Gasteiger partial charge in [-0.05, 0) is 34.1 Å². The van der Waals surface area contributed by atoms with Crippen molar-refractivity contribution in [2.45, 2.75) is 0 Å². The number of thiazole rings is 1. The van der Waals surface area contributed by atoms with Crippen molar-refractivity contribution in [3.05, 3.63) is 72.0 Å². The second kappa shape index (κ2) is 8.32. The molecule has 0 unspecified atom stereocenters. The lowest BCUT2D eigenvalue weighted by Crippen LogP contribution is -2.12. The average Bonchev–Trinajstić information content (AvgIpc) is 3.15. The zero-order valence-electron chi connectivity index (χ0n) is 14.6. The van der Waals surface area contributed by atoms with Crippen molar-refractivity contribution in [2.24, 2.45) is 0 Å². The molecular formula is C17H11BrN4O6S. The number of ether oxygens (including phenoxy) is 1. The normalized spacial score (nSPS) is 10.4. The first-order valence-corrected chi connectivity index (χ1v) is 9.50. The maximum absolute atomic E-state index is 12.4. The molecule has 0 bridgehead atoms. The van der Waals surface area contributed by atoms with E-state index in [1.807, 2.05) is 6.07 Å². The molecule has 0 radical (unpaired) electrons.